The number of carbonyl (C=O) groups is 4. The maximum Gasteiger partial charge on any atom is 0.305 e. The van der Waals surface area contributed by atoms with Crippen LogP contribution in [0.2, 0.25) is 0 Å². The third kappa shape index (κ3) is 39.5. The fourth-order valence-corrected chi connectivity index (χ4v) is 7.59. The van der Waals surface area contributed by atoms with E-state index in [-0.39, 0.29) is 36.0 Å². The molecule has 4 N–H and O–H groups in total. The number of ketones is 1. The van der Waals surface area contributed by atoms with Gasteiger partial charge >= 0.3 is 5.97 Å². The van der Waals surface area contributed by atoms with E-state index in [1.165, 1.54) is 122 Å². The van der Waals surface area contributed by atoms with Gasteiger partial charge in [0.05, 0.1) is 25.2 Å². The molecule has 0 aromatic heterocycles. The van der Waals surface area contributed by atoms with Gasteiger partial charge in [-0.2, -0.15) is 0 Å². The molecule has 342 valence electrons. The Bertz CT molecular complexity index is 963. The Morgan fingerprint density at radius 3 is 1.52 bits per heavy atom. The minimum atomic E-state index is -0.691. The summed E-state index contributed by atoms with van der Waals surface area (Å²) in [6.07, 6.45) is 36.4. The molecule has 0 aromatic carbocycles. The largest absolute Gasteiger partial charge is 0.466 e. The fraction of sp³-hybridized carbons (Fsp3) is 0.918. The van der Waals surface area contributed by atoms with Crippen molar-refractivity contribution in [2.75, 3.05) is 19.7 Å². The van der Waals surface area contributed by atoms with E-state index in [9.17, 15) is 24.3 Å². The lowest BCUT2D eigenvalue weighted by atomic mass is 10.0. The highest BCUT2D eigenvalue weighted by Crippen LogP contribution is 2.14. The predicted molar refractivity (Wildman–Crippen MR) is 243 cm³/mol. The first kappa shape index (κ1) is 56.0. The van der Waals surface area contributed by atoms with E-state index in [4.69, 9.17) is 4.74 Å². The third-order valence-corrected chi connectivity index (χ3v) is 11.4. The van der Waals surface area contributed by atoms with E-state index in [0.29, 0.717) is 38.8 Å². The van der Waals surface area contributed by atoms with Crippen molar-refractivity contribution in [2.24, 2.45) is 0 Å². The lowest BCUT2D eigenvalue weighted by Gasteiger charge is -2.17. The molecular weight excluding hydrogens is 727 g/mol. The molecular formula is C49H95N3O6. The number of Topliss-reactive ketones (excluding diaryl/α,β-unsaturated/α-hetero) is 1. The van der Waals surface area contributed by atoms with Crippen molar-refractivity contribution in [1.29, 1.82) is 0 Å². The van der Waals surface area contributed by atoms with Crippen molar-refractivity contribution in [1.82, 2.24) is 16.0 Å². The van der Waals surface area contributed by atoms with Gasteiger partial charge in [-0.1, -0.05) is 175 Å². The van der Waals surface area contributed by atoms with E-state index in [1.54, 1.807) is 0 Å². The molecule has 58 heavy (non-hydrogen) atoms. The number of hydrogen-bond acceptors (Lipinski definition) is 7. The zero-order chi connectivity index (χ0) is 42.7. The van der Waals surface area contributed by atoms with Gasteiger partial charge in [0.25, 0.3) is 0 Å². The average Bonchev–Trinajstić information content (AvgIpc) is 3.20. The number of hydrogen-bond donors (Lipinski definition) is 4. The molecule has 3 atom stereocenters. The zero-order valence-electron chi connectivity index (χ0n) is 38.6. The summed E-state index contributed by atoms with van der Waals surface area (Å²) < 4.78 is 5.42. The molecule has 2 amide bonds. The first-order chi connectivity index (χ1) is 28.2. The highest BCUT2D eigenvalue weighted by Gasteiger charge is 2.19. The van der Waals surface area contributed by atoms with Gasteiger partial charge in [0, 0.05) is 31.8 Å². The van der Waals surface area contributed by atoms with Crippen molar-refractivity contribution in [2.45, 2.75) is 271 Å². The summed E-state index contributed by atoms with van der Waals surface area (Å²) >= 11 is 0. The quantitative estimate of drug-likeness (QED) is 0.0355. The summed E-state index contributed by atoms with van der Waals surface area (Å²) in [5, 5.41) is 19.4. The maximum absolute atomic E-state index is 12.8. The first-order valence-electron chi connectivity index (χ1n) is 24.9. The normalized spacial score (nSPS) is 12.9. The molecule has 9 nitrogen and oxygen atoms in total. The van der Waals surface area contributed by atoms with Crippen molar-refractivity contribution >= 4 is 23.6 Å². The van der Waals surface area contributed by atoms with Crippen molar-refractivity contribution in [3.63, 3.8) is 0 Å². The van der Waals surface area contributed by atoms with Crippen LogP contribution in [0.5, 0.6) is 0 Å². The molecule has 0 aromatic rings. The van der Waals surface area contributed by atoms with Crippen LogP contribution < -0.4 is 16.0 Å². The number of amides is 2. The smallest absolute Gasteiger partial charge is 0.305 e. The predicted octanol–water partition coefficient (Wildman–Crippen LogP) is 11.8. The Balaban J connectivity index is 3.70. The SMILES string of the molecule is CCCCCCCCCCCC(=O)OCCCCCCCCCCCCCC(=O)N[C@H](CC)C(=O)CCCC[C@@H](C)NC(=O)C[C@@H](O)CNCCCCCCCCC. The van der Waals surface area contributed by atoms with E-state index in [0.717, 1.165) is 77.2 Å². The Kier molecular flexibility index (Phi) is 41.6. The number of ether oxygens (including phenoxy) is 1. The molecule has 0 heterocycles. The van der Waals surface area contributed by atoms with Gasteiger partial charge in [-0.25, -0.2) is 0 Å². The molecule has 0 aliphatic rings. The molecule has 0 unspecified atom stereocenters. The van der Waals surface area contributed by atoms with Crippen molar-refractivity contribution in [3.8, 4) is 0 Å². The second kappa shape index (κ2) is 43.1. The zero-order valence-corrected chi connectivity index (χ0v) is 38.6. The van der Waals surface area contributed by atoms with Crippen LogP contribution in [0.1, 0.15) is 252 Å². The fourth-order valence-electron chi connectivity index (χ4n) is 7.59. The molecule has 0 bridgehead atoms. The van der Waals surface area contributed by atoms with E-state index in [1.807, 2.05) is 13.8 Å². The van der Waals surface area contributed by atoms with Crippen LogP contribution >= 0.6 is 0 Å². The summed E-state index contributed by atoms with van der Waals surface area (Å²) in [4.78, 5) is 49.7. The molecule has 0 fully saturated rings. The molecule has 0 saturated heterocycles. The summed E-state index contributed by atoms with van der Waals surface area (Å²) in [5.41, 5.74) is 0. The minimum Gasteiger partial charge on any atom is -0.466 e. The van der Waals surface area contributed by atoms with Gasteiger partial charge in [-0.15, -0.1) is 0 Å². The summed E-state index contributed by atoms with van der Waals surface area (Å²) in [6, 6.07) is -0.439. The highest BCUT2D eigenvalue weighted by atomic mass is 16.5. The highest BCUT2D eigenvalue weighted by molar-refractivity contribution is 5.88. The number of nitrogens with one attached hydrogen (secondary N) is 3. The van der Waals surface area contributed by atoms with Crippen LogP contribution in [0.3, 0.4) is 0 Å². The molecule has 9 heteroatoms. The second-order valence-corrected chi connectivity index (χ2v) is 17.3. The van der Waals surface area contributed by atoms with E-state index < -0.39 is 12.1 Å². The summed E-state index contributed by atoms with van der Waals surface area (Å²) in [5.74, 6) is -0.108. The summed E-state index contributed by atoms with van der Waals surface area (Å²) in [6.45, 7) is 10.3. The number of aliphatic hydroxyl groups excluding tert-OH is 1. The monoisotopic (exact) mass is 822 g/mol. The van der Waals surface area contributed by atoms with Crippen molar-refractivity contribution < 1.29 is 29.0 Å². The molecule has 0 saturated carbocycles. The topological polar surface area (TPSA) is 134 Å². The second-order valence-electron chi connectivity index (χ2n) is 17.3. The van der Waals surface area contributed by atoms with Crippen LogP contribution in [0.15, 0.2) is 0 Å². The number of rotatable bonds is 45. The van der Waals surface area contributed by atoms with Crippen LogP contribution in [0, 0.1) is 0 Å². The molecule has 0 aliphatic carbocycles. The lowest BCUT2D eigenvalue weighted by Crippen LogP contribution is -2.40. The molecule has 0 rings (SSSR count). The van der Waals surface area contributed by atoms with Gasteiger partial charge in [0.15, 0.2) is 5.78 Å². The van der Waals surface area contributed by atoms with Crippen LogP contribution in [-0.2, 0) is 23.9 Å². The number of unbranched alkanes of at least 4 members (excludes halogenated alkanes) is 25. The van der Waals surface area contributed by atoms with Gasteiger partial charge in [-0.05, 0) is 58.4 Å². The average molecular weight is 822 g/mol. The number of carbonyl (C=O) groups excluding carboxylic acids is 4. The van der Waals surface area contributed by atoms with Crippen molar-refractivity contribution in [3.05, 3.63) is 0 Å². The molecule has 0 aliphatic heterocycles. The molecule has 0 radical (unpaired) electrons. The number of esters is 1. The number of aliphatic hydroxyl groups is 1. The standard InChI is InChI=1S/C49H95N3O6/c1-5-8-10-12-14-18-22-26-30-38-49(57)58-40-34-28-24-20-17-15-16-19-21-25-29-37-47(55)52-45(7-3)46(54)36-32-31-35-43(4)51-48(56)41-44(53)42-50-39-33-27-23-13-11-9-6-2/h43-45,50,53H,5-42H2,1-4H3,(H,51,56)(H,52,55)/t43-,44-,45-/m1/s1. The maximum atomic E-state index is 12.8. The minimum absolute atomic E-state index is 0.0171. The van der Waals surface area contributed by atoms with Gasteiger partial charge in [0.2, 0.25) is 11.8 Å². The van der Waals surface area contributed by atoms with Crippen LogP contribution in [0.4, 0.5) is 0 Å². The summed E-state index contributed by atoms with van der Waals surface area (Å²) in [7, 11) is 0. The van der Waals surface area contributed by atoms with Crippen LogP contribution in [-0.4, -0.2) is 66.6 Å². The van der Waals surface area contributed by atoms with Gasteiger partial charge in [-0.3, -0.25) is 19.2 Å². The van der Waals surface area contributed by atoms with E-state index in [2.05, 4.69) is 29.8 Å². The Morgan fingerprint density at radius 1 is 0.517 bits per heavy atom. The van der Waals surface area contributed by atoms with Gasteiger partial charge in [0.1, 0.15) is 0 Å². The first-order valence-corrected chi connectivity index (χ1v) is 24.9. The third-order valence-electron chi connectivity index (χ3n) is 11.4. The van der Waals surface area contributed by atoms with Gasteiger partial charge < -0.3 is 25.8 Å². The Morgan fingerprint density at radius 2 is 0.983 bits per heavy atom. The lowest BCUT2D eigenvalue weighted by molar-refractivity contribution is -0.144. The Labute approximate surface area is 357 Å². The van der Waals surface area contributed by atoms with Crippen LogP contribution in [0.25, 0.3) is 0 Å². The molecule has 0 spiro atoms. The Hall–Kier alpha value is -2.00. The van der Waals surface area contributed by atoms with E-state index >= 15 is 0 Å².